The number of rotatable bonds is 5. The van der Waals surface area contributed by atoms with Crippen LogP contribution in [0.2, 0.25) is 0 Å². The molecule has 0 aliphatic carbocycles. The number of aliphatic hydroxyl groups is 1. The zero-order valence-electron chi connectivity index (χ0n) is 18.6. The number of hydrogen-bond donors (Lipinski definition) is 1. The number of ether oxygens (including phenoxy) is 1. The zero-order valence-corrected chi connectivity index (χ0v) is 18.6. The van der Waals surface area contributed by atoms with Crippen LogP contribution in [0.25, 0.3) is 5.76 Å². The first-order valence-corrected chi connectivity index (χ1v) is 10.7. The summed E-state index contributed by atoms with van der Waals surface area (Å²) in [6, 6.07) is 18.4. The Morgan fingerprint density at radius 2 is 1.61 bits per heavy atom. The van der Waals surface area contributed by atoms with E-state index in [0.29, 0.717) is 17.0 Å². The summed E-state index contributed by atoms with van der Waals surface area (Å²) in [5, 5.41) is 11.1. The van der Waals surface area contributed by atoms with E-state index in [0.717, 1.165) is 5.56 Å². The number of aliphatic hydroxyl groups excluding tert-OH is 1. The standard InChI is InChI=1S/C27H24FNO4/c1-16(2)33-20-14-10-18(11-15-20)25(30)23-24(21-6-4-5-7-22(21)28)29(27(32)26(23)31)19-12-8-17(3)9-13-19/h4-16,24,30H,1-3H3/b25-23-. The Hall–Kier alpha value is -3.93. The third kappa shape index (κ3) is 4.24. The van der Waals surface area contributed by atoms with Gasteiger partial charge in [-0.15, -0.1) is 0 Å². The van der Waals surface area contributed by atoms with Gasteiger partial charge < -0.3 is 9.84 Å². The monoisotopic (exact) mass is 445 g/mol. The fourth-order valence-electron chi connectivity index (χ4n) is 3.91. The first kappa shape index (κ1) is 22.3. The van der Waals surface area contributed by atoms with E-state index in [1.165, 1.54) is 23.1 Å². The maximum absolute atomic E-state index is 14.9. The minimum Gasteiger partial charge on any atom is -0.507 e. The lowest BCUT2D eigenvalue weighted by molar-refractivity contribution is -0.132. The van der Waals surface area contributed by atoms with Crippen molar-refractivity contribution in [1.29, 1.82) is 0 Å². The zero-order chi connectivity index (χ0) is 23.7. The van der Waals surface area contributed by atoms with Crippen molar-refractivity contribution < 1.29 is 23.8 Å². The normalized spacial score (nSPS) is 17.6. The van der Waals surface area contributed by atoms with Crippen LogP contribution in [0.3, 0.4) is 0 Å². The number of hydrogen-bond acceptors (Lipinski definition) is 4. The van der Waals surface area contributed by atoms with Crippen molar-refractivity contribution in [2.75, 3.05) is 4.90 Å². The molecule has 3 aromatic carbocycles. The molecule has 4 rings (SSSR count). The van der Waals surface area contributed by atoms with Gasteiger partial charge in [-0.25, -0.2) is 4.39 Å². The molecular formula is C27H24FNO4. The summed E-state index contributed by atoms with van der Waals surface area (Å²) in [7, 11) is 0. The molecule has 0 aromatic heterocycles. The van der Waals surface area contributed by atoms with Crippen molar-refractivity contribution in [3.05, 3.63) is 101 Å². The number of benzene rings is 3. The van der Waals surface area contributed by atoms with Crippen LogP contribution in [0.4, 0.5) is 10.1 Å². The topological polar surface area (TPSA) is 66.8 Å². The Labute approximate surface area is 191 Å². The van der Waals surface area contributed by atoms with E-state index in [1.54, 1.807) is 54.6 Å². The highest BCUT2D eigenvalue weighted by atomic mass is 19.1. The minimum atomic E-state index is -1.11. The highest BCUT2D eigenvalue weighted by Crippen LogP contribution is 2.43. The Morgan fingerprint density at radius 3 is 2.21 bits per heavy atom. The smallest absolute Gasteiger partial charge is 0.300 e. The number of nitrogens with zero attached hydrogens (tertiary/aromatic N) is 1. The lowest BCUT2D eigenvalue weighted by atomic mass is 9.94. The highest BCUT2D eigenvalue weighted by Gasteiger charge is 2.47. The fourth-order valence-corrected chi connectivity index (χ4v) is 3.91. The lowest BCUT2D eigenvalue weighted by Crippen LogP contribution is -2.29. The number of carbonyl (C=O) groups excluding carboxylic acids is 2. The largest absolute Gasteiger partial charge is 0.507 e. The summed E-state index contributed by atoms with van der Waals surface area (Å²) in [5.41, 5.74) is 1.70. The molecule has 1 fully saturated rings. The number of halogens is 1. The predicted molar refractivity (Wildman–Crippen MR) is 125 cm³/mol. The van der Waals surface area contributed by atoms with Gasteiger partial charge in [-0.05, 0) is 63.2 Å². The number of ketones is 1. The first-order valence-electron chi connectivity index (χ1n) is 10.7. The molecule has 0 saturated carbocycles. The molecule has 3 aromatic rings. The SMILES string of the molecule is Cc1ccc(N2C(=O)C(=O)/C(=C(\O)c3ccc(OC(C)C)cc3)C2c2ccccc2F)cc1. The molecule has 1 aliphatic rings. The van der Waals surface area contributed by atoms with E-state index in [-0.39, 0.29) is 23.0 Å². The molecule has 1 saturated heterocycles. The average molecular weight is 445 g/mol. The molecule has 168 valence electrons. The number of anilines is 1. The summed E-state index contributed by atoms with van der Waals surface area (Å²) in [6.07, 6.45) is -0.0228. The summed E-state index contributed by atoms with van der Waals surface area (Å²) >= 11 is 0. The van der Waals surface area contributed by atoms with E-state index in [9.17, 15) is 19.1 Å². The van der Waals surface area contributed by atoms with Crippen LogP contribution in [-0.2, 0) is 9.59 Å². The van der Waals surface area contributed by atoms with Crippen molar-refractivity contribution in [2.24, 2.45) is 0 Å². The average Bonchev–Trinajstić information content (AvgIpc) is 3.05. The minimum absolute atomic E-state index is 0.0228. The molecule has 6 heteroatoms. The molecule has 1 amide bonds. The number of carbonyl (C=O) groups is 2. The van der Waals surface area contributed by atoms with Gasteiger partial charge in [0.2, 0.25) is 0 Å². The molecular weight excluding hydrogens is 421 g/mol. The van der Waals surface area contributed by atoms with Gasteiger partial charge in [0.25, 0.3) is 11.7 Å². The van der Waals surface area contributed by atoms with Gasteiger partial charge in [-0.2, -0.15) is 0 Å². The van der Waals surface area contributed by atoms with Gasteiger partial charge in [-0.1, -0.05) is 35.9 Å². The Bertz CT molecular complexity index is 1230. The number of aryl methyl sites for hydroxylation is 1. The molecule has 1 aliphatic heterocycles. The molecule has 1 unspecified atom stereocenters. The fraction of sp³-hybridized carbons (Fsp3) is 0.185. The van der Waals surface area contributed by atoms with E-state index in [1.807, 2.05) is 20.8 Å². The molecule has 0 radical (unpaired) electrons. The van der Waals surface area contributed by atoms with E-state index >= 15 is 0 Å². The molecule has 0 bridgehead atoms. The second-order valence-corrected chi connectivity index (χ2v) is 8.22. The summed E-state index contributed by atoms with van der Waals surface area (Å²) in [4.78, 5) is 27.5. The van der Waals surface area contributed by atoms with Crippen molar-refractivity contribution in [3.8, 4) is 5.75 Å². The number of Topliss-reactive ketones (excluding diaryl/α,β-unsaturated/α-hetero) is 1. The van der Waals surface area contributed by atoms with Crippen molar-refractivity contribution >= 4 is 23.1 Å². The molecule has 0 spiro atoms. The van der Waals surface area contributed by atoms with Crippen molar-refractivity contribution in [1.82, 2.24) is 0 Å². The van der Waals surface area contributed by atoms with Crippen LogP contribution in [0, 0.1) is 12.7 Å². The Kier molecular flexibility index (Phi) is 6.01. The maximum atomic E-state index is 14.9. The molecule has 1 heterocycles. The van der Waals surface area contributed by atoms with Gasteiger partial charge in [0.1, 0.15) is 17.3 Å². The third-order valence-electron chi connectivity index (χ3n) is 5.46. The van der Waals surface area contributed by atoms with Gasteiger partial charge in [0.05, 0.1) is 17.7 Å². The molecule has 33 heavy (non-hydrogen) atoms. The first-order chi connectivity index (χ1) is 15.8. The van der Waals surface area contributed by atoms with E-state index in [4.69, 9.17) is 4.74 Å². The summed E-state index contributed by atoms with van der Waals surface area (Å²) < 4.78 is 20.5. The molecule has 5 nitrogen and oxygen atoms in total. The van der Waals surface area contributed by atoms with Gasteiger partial charge >= 0.3 is 0 Å². The van der Waals surface area contributed by atoms with Gasteiger partial charge in [0.15, 0.2) is 0 Å². The van der Waals surface area contributed by atoms with E-state index < -0.39 is 23.5 Å². The summed E-state index contributed by atoms with van der Waals surface area (Å²) in [6.45, 7) is 5.70. The van der Waals surface area contributed by atoms with Crippen LogP contribution >= 0.6 is 0 Å². The number of amides is 1. The quantitative estimate of drug-likeness (QED) is 0.318. The Balaban J connectivity index is 1.88. The molecule has 1 atom stereocenters. The third-order valence-corrected chi connectivity index (χ3v) is 5.46. The lowest BCUT2D eigenvalue weighted by Gasteiger charge is -2.25. The van der Waals surface area contributed by atoms with Crippen LogP contribution in [0.1, 0.15) is 36.6 Å². The Morgan fingerprint density at radius 1 is 0.970 bits per heavy atom. The van der Waals surface area contributed by atoms with E-state index in [2.05, 4.69) is 0 Å². The molecule has 1 N–H and O–H groups in total. The van der Waals surface area contributed by atoms with Gasteiger partial charge in [-0.3, -0.25) is 14.5 Å². The summed E-state index contributed by atoms with van der Waals surface area (Å²) in [5.74, 6) is -2.04. The van der Waals surface area contributed by atoms with Gasteiger partial charge in [0, 0.05) is 16.8 Å². The van der Waals surface area contributed by atoms with Crippen LogP contribution < -0.4 is 9.64 Å². The van der Waals surface area contributed by atoms with Crippen LogP contribution in [0.15, 0.2) is 78.4 Å². The second kappa shape index (κ2) is 8.90. The highest BCUT2D eigenvalue weighted by molar-refractivity contribution is 6.51. The van der Waals surface area contributed by atoms with Crippen molar-refractivity contribution in [2.45, 2.75) is 32.9 Å². The van der Waals surface area contributed by atoms with Crippen LogP contribution in [0.5, 0.6) is 5.75 Å². The van der Waals surface area contributed by atoms with Crippen LogP contribution in [-0.4, -0.2) is 22.9 Å². The van der Waals surface area contributed by atoms with Crippen molar-refractivity contribution in [3.63, 3.8) is 0 Å². The second-order valence-electron chi connectivity index (χ2n) is 8.22. The predicted octanol–water partition coefficient (Wildman–Crippen LogP) is 5.55. The maximum Gasteiger partial charge on any atom is 0.300 e.